The quantitative estimate of drug-likeness (QED) is 0.859. The monoisotopic (exact) mass is 304 g/mol. The summed E-state index contributed by atoms with van der Waals surface area (Å²) in [6, 6.07) is 7.48. The number of aliphatic hydroxyl groups excluding tert-OH is 1. The minimum absolute atomic E-state index is 0.0809. The van der Waals surface area contributed by atoms with Crippen LogP contribution in [0.15, 0.2) is 24.3 Å². The highest BCUT2D eigenvalue weighted by Gasteiger charge is 2.23. The minimum Gasteiger partial charge on any atom is -0.493 e. The molecule has 1 heterocycles. The van der Waals surface area contributed by atoms with Gasteiger partial charge in [-0.05, 0) is 43.0 Å². The first kappa shape index (κ1) is 15.3. The summed E-state index contributed by atoms with van der Waals surface area (Å²) in [6.07, 6.45) is 2.55. The molecule has 1 aliphatic carbocycles. The molecule has 1 saturated heterocycles. The zero-order chi connectivity index (χ0) is 15.4. The Hall–Kier alpha value is -1.59. The van der Waals surface area contributed by atoms with Gasteiger partial charge in [-0.3, -0.25) is 9.69 Å². The fraction of sp³-hybridized carbons (Fsp3) is 0.588. The predicted octanol–water partition coefficient (Wildman–Crippen LogP) is 1.23. The van der Waals surface area contributed by atoms with Gasteiger partial charge in [-0.1, -0.05) is 0 Å². The van der Waals surface area contributed by atoms with Gasteiger partial charge in [0.1, 0.15) is 5.75 Å². The molecule has 0 radical (unpaired) electrons. The highest BCUT2D eigenvalue weighted by Crippen LogP contribution is 2.29. The molecular weight excluding hydrogens is 280 g/mol. The second-order valence-corrected chi connectivity index (χ2v) is 6.14. The molecule has 1 aromatic carbocycles. The largest absolute Gasteiger partial charge is 0.493 e. The molecule has 3 rings (SSSR count). The van der Waals surface area contributed by atoms with Gasteiger partial charge in [0.25, 0.3) is 5.91 Å². The molecule has 120 valence electrons. The van der Waals surface area contributed by atoms with Crippen molar-refractivity contribution in [1.29, 1.82) is 0 Å². The van der Waals surface area contributed by atoms with Crippen molar-refractivity contribution in [1.82, 2.24) is 9.80 Å². The molecule has 1 amide bonds. The van der Waals surface area contributed by atoms with Crippen LogP contribution in [-0.2, 0) is 0 Å². The second kappa shape index (κ2) is 7.11. The van der Waals surface area contributed by atoms with E-state index in [2.05, 4.69) is 4.90 Å². The van der Waals surface area contributed by atoms with Crippen LogP contribution in [0.1, 0.15) is 23.2 Å². The summed E-state index contributed by atoms with van der Waals surface area (Å²) in [6.45, 7) is 4.76. The first-order valence-corrected chi connectivity index (χ1v) is 8.11. The number of aliphatic hydroxyl groups is 1. The highest BCUT2D eigenvalue weighted by molar-refractivity contribution is 5.94. The van der Waals surface area contributed by atoms with Crippen LogP contribution in [0.5, 0.6) is 5.75 Å². The standard InChI is InChI=1S/C17H24N2O3/c20-12-11-18-7-9-19(10-8-18)17(21)15-3-5-16(6-4-15)22-13-14-1-2-14/h3-6,14,20H,1-2,7-13H2. The number of hydrogen-bond donors (Lipinski definition) is 1. The summed E-state index contributed by atoms with van der Waals surface area (Å²) >= 11 is 0. The molecule has 5 nitrogen and oxygen atoms in total. The van der Waals surface area contributed by atoms with E-state index in [-0.39, 0.29) is 12.5 Å². The Morgan fingerprint density at radius 2 is 1.82 bits per heavy atom. The van der Waals surface area contributed by atoms with E-state index in [0.29, 0.717) is 6.54 Å². The van der Waals surface area contributed by atoms with Crippen LogP contribution in [0.4, 0.5) is 0 Å². The van der Waals surface area contributed by atoms with Crippen LogP contribution < -0.4 is 4.74 Å². The molecule has 0 spiro atoms. The van der Waals surface area contributed by atoms with Gasteiger partial charge in [0.05, 0.1) is 13.2 Å². The fourth-order valence-corrected chi connectivity index (χ4v) is 2.69. The number of hydrogen-bond acceptors (Lipinski definition) is 4. The van der Waals surface area contributed by atoms with E-state index in [9.17, 15) is 4.79 Å². The summed E-state index contributed by atoms with van der Waals surface area (Å²) in [4.78, 5) is 16.5. The minimum atomic E-state index is 0.0809. The summed E-state index contributed by atoms with van der Waals surface area (Å²) in [7, 11) is 0. The molecule has 1 saturated carbocycles. The third kappa shape index (κ3) is 3.99. The van der Waals surface area contributed by atoms with Crippen molar-refractivity contribution in [2.45, 2.75) is 12.8 Å². The molecule has 22 heavy (non-hydrogen) atoms. The zero-order valence-electron chi connectivity index (χ0n) is 12.9. The Morgan fingerprint density at radius 3 is 2.41 bits per heavy atom. The van der Waals surface area contributed by atoms with Gasteiger partial charge in [-0.15, -0.1) is 0 Å². The Labute approximate surface area is 131 Å². The van der Waals surface area contributed by atoms with Gasteiger partial charge < -0.3 is 14.7 Å². The number of benzene rings is 1. The maximum atomic E-state index is 12.5. The van der Waals surface area contributed by atoms with Gasteiger partial charge in [-0.25, -0.2) is 0 Å². The number of amides is 1. The summed E-state index contributed by atoms with van der Waals surface area (Å²) < 4.78 is 5.70. The van der Waals surface area contributed by atoms with Crippen molar-refractivity contribution in [2.24, 2.45) is 5.92 Å². The molecule has 1 aromatic rings. The lowest BCUT2D eigenvalue weighted by atomic mass is 10.1. The van der Waals surface area contributed by atoms with E-state index in [0.717, 1.165) is 50.0 Å². The van der Waals surface area contributed by atoms with Crippen LogP contribution in [-0.4, -0.2) is 66.8 Å². The highest BCUT2D eigenvalue weighted by atomic mass is 16.5. The van der Waals surface area contributed by atoms with Gasteiger partial charge >= 0.3 is 0 Å². The topological polar surface area (TPSA) is 53.0 Å². The normalized spacial score (nSPS) is 19.2. The maximum absolute atomic E-state index is 12.5. The van der Waals surface area contributed by atoms with Crippen LogP contribution in [0.2, 0.25) is 0 Å². The first-order valence-electron chi connectivity index (χ1n) is 8.11. The Balaban J connectivity index is 1.51. The molecule has 5 heteroatoms. The van der Waals surface area contributed by atoms with Crippen molar-refractivity contribution >= 4 is 5.91 Å². The number of nitrogens with zero attached hydrogens (tertiary/aromatic N) is 2. The Bertz CT molecular complexity index is 491. The smallest absolute Gasteiger partial charge is 0.253 e. The third-order valence-corrected chi connectivity index (χ3v) is 4.36. The maximum Gasteiger partial charge on any atom is 0.253 e. The van der Waals surface area contributed by atoms with E-state index in [4.69, 9.17) is 9.84 Å². The van der Waals surface area contributed by atoms with E-state index < -0.39 is 0 Å². The predicted molar refractivity (Wildman–Crippen MR) is 84.1 cm³/mol. The lowest BCUT2D eigenvalue weighted by Crippen LogP contribution is -2.49. The lowest BCUT2D eigenvalue weighted by Gasteiger charge is -2.34. The van der Waals surface area contributed by atoms with Gasteiger partial charge in [-0.2, -0.15) is 0 Å². The average Bonchev–Trinajstić information content (AvgIpc) is 3.38. The molecule has 0 aromatic heterocycles. The van der Waals surface area contributed by atoms with E-state index >= 15 is 0 Å². The molecule has 0 atom stereocenters. The van der Waals surface area contributed by atoms with Crippen molar-refractivity contribution in [2.75, 3.05) is 45.9 Å². The summed E-state index contributed by atoms with van der Waals surface area (Å²) in [5.74, 6) is 1.66. The molecular formula is C17H24N2O3. The zero-order valence-corrected chi connectivity index (χ0v) is 12.9. The Morgan fingerprint density at radius 1 is 1.14 bits per heavy atom. The molecule has 0 unspecified atom stereocenters. The fourth-order valence-electron chi connectivity index (χ4n) is 2.69. The number of carbonyl (C=O) groups is 1. The number of rotatable bonds is 6. The Kier molecular flexibility index (Phi) is 4.95. The molecule has 2 aliphatic rings. The van der Waals surface area contributed by atoms with E-state index in [1.165, 1.54) is 12.8 Å². The molecule has 0 bridgehead atoms. The van der Waals surface area contributed by atoms with E-state index in [1.54, 1.807) is 0 Å². The summed E-state index contributed by atoms with van der Waals surface area (Å²) in [5.41, 5.74) is 0.717. The molecule has 2 fully saturated rings. The van der Waals surface area contributed by atoms with Gasteiger partial charge in [0.15, 0.2) is 0 Å². The van der Waals surface area contributed by atoms with Crippen LogP contribution in [0, 0.1) is 5.92 Å². The summed E-state index contributed by atoms with van der Waals surface area (Å²) in [5, 5.41) is 8.95. The van der Waals surface area contributed by atoms with Crippen LogP contribution >= 0.6 is 0 Å². The second-order valence-electron chi connectivity index (χ2n) is 6.14. The van der Waals surface area contributed by atoms with Crippen LogP contribution in [0.25, 0.3) is 0 Å². The van der Waals surface area contributed by atoms with Crippen molar-refractivity contribution in [3.63, 3.8) is 0 Å². The van der Waals surface area contributed by atoms with Crippen molar-refractivity contribution in [3.05, 3.63) is 29.8 Å². The van der Waals surface area contributed by atoms with Crippen molar-refractivity contribution in [3.8, 4) is 5.75 Å². The SMILES string of the molecule is O=C(c1ccc(OCC2CC2)cc1)N1CCN(CCO)CC1. The van der Waals surface area contributed by atoms with E-state index in [1.807, 2.05) is 29.2 Å². The number of β-amino-alcohol motifs (C(OH)–C–C–N with tert-alkyl or cyclic N) is 1. The number of ether oxygens (including phenoxy) is 1. The third-order valence-electron chi connectivity index (χ3n) is 4.36. The van der Waals surface area contributed by atoms with Gasteiger partial charge in [0.2, 0.25) is 0 Å². The molecule has 1 aliphatic heterocycles. The number of piperazine rings is 1. The van der Waals surface area contributed by atoms with Crippen molar-refractivity contribution < 1.29 is 14.6 Å². The van der Waals surface area contributed by atoms with Gasteiger partial charge in [0, 0.05) is 38.3 Å². The molecule has 1 N–H and O–H groups in total. The van der Waals surface area contributed by atoms with Crippen LogP contribution in [0.3, 0.4) is 0 Å². The number of carbonyl (C=O) groups excluding carboxylic acids is 1. The lowest BCUT2D eigenvalue weighted by molar-refractivity contribution is 0.0615. The average molecular weight is 304 g/mol. The first-order chi connectivity index (χ1) is 10.8.